The van der Waals surface area contributed by atoms with Gasteiger partial charge < -0.3 is 10.6 Å². The predicted molar refractivity (Wildman–Crippen MR) is 55.4 cm³/mol. The predicted octanol–water partition coefficient (Wildman–Crippen LogP) is 2.32. The molecule has 0 aromatic carbocycles. The Hall–Kier alpha value is -1.17. The number of anilines is 2. The average molecular weight is 252 g/mol. The fourth-order valence-corrected chi connectivity index (χ4v) is 1.83. The van der Waals surface area contributed by atoms with Crippen molar-refractivity contribution in [1.29, 1.82) is 0 Å². The summed E-state index contributed by atoms with van der Waals surface area (Å²) in [4.78, 5) is 5.40. The van der Waals surface area contributed by atoms with Crippen LogP contribution in [-0.2, 0) is 0 Å². The molecule has 2 heterocycles. The standard InChI is InChI=1S/C9H9ClF3N3/c10-7-1-6(14)2-15-8(7)16-3-5(4-16)9(11,12)13/h1-2,5H,3-4,14H2. The Labute approximate surface area is 95.0 Å². The Morgan fingerprint density at radius 2 is 2.06 bits per heavy atom. The van der Waals surface area contributed by atoms with Gasteiger partial charge in [-0.25, -0.2) is 4.98 Å². The van der Waals surface area contributed by atoms with Crippen LogP contribution in [0.2, 0.25) is 5.02 Å². The molecule has 7 heteroatoms. The normalized spacial score (nSPS) is 17.4. The van der Waals surface area contributed by atoms with E-state index in [9.17, 15) is 13.2 Å². The van der Waals surface area contributed by atoms with Crippen molar-refractivity contribution in [3.05, 3.63) is 17.3 Å². The number of nitrogens with two attached hydrogens (primary N) is 1. The zero-order chi connectivity index (χ0) is 11.9. The van der Waals surface area contributed by atoms with E-state index >= 15 is 0 Å². The summed E-state index contributed by atoms with van der Waals surface area (Å²) in [5.41, 5.74) is 5.83. The zero-order valence-corrected chi connectivity index (χ0v) is 8.89. The largest absolute Gasteiger partial charge is 0.397 e. The van der Waals surface area contributed by atoms with Crippen LogP contribution in [-0.4, -0.2) is 24.2 Å². The molecule has 0 atom stereocenters. The number of pyridine rings is 1. The highest BCUT2D eigenvalue weighted by Gasteiger charge is 2.47. The molecule has 1 aliphatic rings. The van der Waals surface area contributed by atoms with Gasteiger partial charge in [-0.3, -0.25) is 0 Å². The molecule has 0 unspecified atom stereocenters. The molecule has 1 fully saturated rings. The van der Waals surface area contributed by atoms with Crippen LogP contribution in [0.15, 0.2) is 12.3 Å². The van der Waals surface area contributed by atoms with Crippen LogP contribution in [0.25, 0.3) is 0 Å². The van der Waals surface area contributed by atoms with Gasteiger partial charge in [0, 0.05) is 13.1 Å². The minimum Gasteiger partial charge on any atom is -0.397 e. The molecule has 2 N–H and O–H groups in total. The molecule has 0 saturated carbocycles. The van der Waals surface area contributed by atoms with Crippen molar-refractivity contribution in [2.45, 2.75) is 6.18 Å². The number of hydrogen-bond acceptors (Lipinski definition) is 3. The smallest absolute Gasteiger partial charge is 0.395 e. The molecule has 2 rings (SSSR count). The van der Waals surface area contributed by atoms with Crippen molar-refractivity contribution in [2.75, 3.05) is 23.7 Å². The van der Waals surface area contributed by atoms with Crippen molar-refractivity contribution in [3.63, 3.8) is 0 Å². The first-order chi connectivity index (χ1) is 7.38. The average Bonchev–Trinajstić information content (AvgIpc) is 2.03. The van der Waals surface area contributed by atoms with Crippen LogP contribution in [0.1, 0.15) is 0 Å². The number of aromatic nitrogens is 1. The maximum absolute atomic E-state index is 12.3. The highest BCUT2D eigenvalue weighted by Crippen LogP contribution is 2.37. The van der Waals surface area contributed by atoms with Crippen molar-refractivity contribution >= 4 is 23.1 Å². The molecule has 1 saturated heterocycles. The molecule has 1 aromatic rings. The van der Waals surface area contributed by atoms with E-state index in [1.807, 2.05) is 0 Å². The molecule has 1 aliphatic heterocycles. The highest BCUT2D eigenvalue weighted by atomic mass is 35.5. The quantitative estimate of drug-likeness (QED) is 0.833. The third-order valence-corrected chi connectivity index (χ3v) is 2.77. The first kappa shape index (κ1) is 11.3. The van der Waals surface area contributed by atoms with Crippen molar-refractivity contribution in [3.8, 4) is 0 Å². The molecular formula is C9H9ClF3N3. The van der Waals surface area contributed by atoms with Gasteiger partial charge in [-0.1, -0.05) is 11.6 Å². The maximum atomic E-state index is 12.3. The number of rotatable bonds is 1. The molecule has 88 valence electrons. The first-order valence-corrected chi connectivity index (χ1v) is 4.98. The SMILES string of the molecule is Nc1cnc(N2CC(C(F)(F)F)C2)c(Cl)c1. The van der Waals surface area contributed by atoms with Gasteiger partial charge in [0.25, 0.3) is 0 Å². The van der Waals surface area contributed by atoms with Crippen molar-refractivity contribution in [1.82, 2.24) is 4.98 Å². The van der Waals surface area contributed by atoms with Gasteiger partial charge in [-0.2, -0.15) is 13.2 Å². The topological polar surface area (TPSA) is 42.1 Å². The Morgan fingerprint density at radius 1 is 1.44 bits per heavy atom. The number of nitrogen functional groups attached to an aromatic ring is 1. The summed E-state index contributed by atoms with van der Waals surface area (Å²) in [6, 6.07) is 1.48. The molecule has 0 amide bonds. The molecule has 0 spiro atoms. The summed E-state index contributed by atoms with van der Waals surface area (Å²) in [6.45, 7) is -0.194. The number of alkyl halides is 3. The summed E-state index contributed by atoms with van der Waals surface area (Å²) >= 11 is 5.83. The van der Waals surface area contributed by atoms with Gasteiger partial charge in [-0.05, 0) is 6.07 Å². The van der Waals surface area contributed by atoms with Crippen LogP contribution >= 0.6 is 11.6 Å². The Balaban J connectivity index is 2.07. The lowest BCUT2D eigenvalue weighted by Crippen LogP contribution is -2.53. The maximum Gasteiger partial charge on any atom is 0.395 e. The summed E-state index contributed by atoms with van der Waals surface area (Å²) < 4.78 is 36.8. The molecular weight excluding hydrogens is 243 g/mol. The molecule has 0 radical (unpaired) electrons. The second kappa shape index (κ2) is 3.69. The zero-order valence-electron chi connectivity index (χ0n) is 8.13. The van der Waals surface area contributed by atoms with E-state index in [4.69, 9.17) is 17.3 Å². The molecule has 16 heavy (non-hydrogen) atoms. The van der Waals surface area contributed by atoms with Gasteiger partial charge >= 0.3 is 6.18 Å². The minimum atomic E-state index is -4.14. The molecule has 0 bridgehead atoms. The third-order valence-electron chi connectivity index (χ3n) is 2.49. The fourth-order valence-electron chi connectivity index (χ4n) is 1.54. The van der Waals surface area contributed by atoms with Crippen LogP contribution in [0.4, 0.5) is 24.7 Å². The lowest BCUT2D eigenvalue weighted by Gasteiger charge is -2.41. The van der Waals surface area contributed by atoms with E-state index in [2.05, 4.69) is 4.98 Å². The fraction of sp³-hybridized carbons (Fsp3) is 0.444. The van der Waals surface area contributed by atoms with Crippen molar-refractivity contribution in [2.24, 2.45) is 5.92 Å². The lowest BCUT2D eigenvalue weighted by molar-refractivity contribution is -0.180. The van der Waals surface area contributed by atoms with Gasteiger partial charge in [0.05, 0.1) is 22.8 Å². The van der Waals surface area contributed by atoms with E-state index in [-0.39, 0.29) is 18.1 Å². The van der Waals surface area contributed by atoms with Gasteiger partial charge in [0.2, 0.25) is 0 Å². The monoisotopic (exact) mass is 251 g/mol. The van der Waals surface area contributed by atoms with Gasteiger partial charge in [-0.15, -0.1) is 0 Å². The Morgan fingerprint density at radius 3 is 2.56 bits per heavy atom. The van der Waals surface area contributed by atoms with Crippen LogP contribution in [0.5, 0.6) is 0 Å². The highest BCUT2D eigenvalue weighted by molar-refractivity contribution is 6.33. The third kappa shape index (κ3) is 2.02. The molecule has 3 nitrogen and oxygen atoms in total. The Bertz CT molecular complexity index is 401. The number of nitrogens with zero attached hydrogens (tertiary/aromatic N) is 2. The van der Waals surface area contributed by atoms with Crippen LogP contribution < -0.4 is 10.6 Å². The summed E-state index contributed by atoms with van der Waals surface area (Å²) in [5, 5.41) is 0.278. The van der Waals surface area contributed by atoms with Crippen LogP contribution in [0.3, 0.4) is 0 Å². The second-order valence-electron chi connectivity index (χ2n) is 3.72. The van der Waals surface area contributed by atoms with Gasteiger partial charge in [0.15, 0.2) is 0 Å². The van der Waals surface area contributed by atoms with E-state index in [0.29, 0.717) is 11.5 Å². The lowest BCUT2D eigenvalue weighted by atomic mass is 10.00. The van der Waals surface area contributed by atoms with Crippen molar-refractivity contribution < 1.29 is 13.2 Å². The molecule has 0 aliphatic carbocycles. The second-order valence-corrected chi connectivity index (χ2v) is 4.12. The number of halogens is 4. The number of hydrogen-bond donors (Lipinski definition) is 1. The Kier molecular flexibility index (Phi) is 2.61. The summed E-state index contributed by atoms with van der Waals surface area (Å²) in [7, 11) is 0. The molecule has 1 aromatic heterocycles. The first-order valence-electron chi connectivity index (χ1n) is 4.60. The minimum absolute atomic E-state index is 0.0971. The van der Waals surface area contributed by atoms with E-state index in [0.717, 1.165) is 0 Å². The van der Waals surface area contributed by atoms with Gasteiger partial charge in [0.1, 0.15) is 5.82 Å². The van der Waals surface area contributed by atoms with E-state index in [1.165, 1.54) is 17.2 Å². The van der Waals surface area contributed by atoms with E-state index in [1.54, 1.807) is 0 Å². The van der Waals surface area contributed by atoms with E-state index < -0.39 is 12.1 Å². The summed E-state index contributed by atoms with van der Waals surface area (Å²) in [6.07, 6.45) is -2.76. The van der Waals surface area contributed by atoms with Crippen LogP contribution in [0, 0.1) is 5.92 Å². The summed E-state index contributed by atoms with van der Waals surface area (Å²) in [5.74, 6) is -0.931.